The summed E-state index contributed by atoms with van der Waals surface area (Å²) in [5.41, 5.74) is 6.27. The number of halogens is 1. The molecule has 98 valence electrons. The molecule has 5 nitrogen and oxygen atoms in total. The number of hydrogen-bond acceptors (Lipinski definition) is 4. The van der Waals surface area contributed by atoms with Crippen molar-refractivity contribution in [1.29, 1.82) is 0 Å². The van der Waals surface area contributed by atoms with E-state index < -0.39 is 10.0 Å². The summed E-state index contributed by atoms with van der Waals surface area (Å²) in [7, 11) is -2.34. The fraction of sp³-hybridized carbons (Fsp3) is 0.400. The largest absolute Gasteiger partial charge is 0.495 e. The van der Waals surface area contributed by atoms with E-state index in [0.717, 1.165) is 18.4 Å². The highest BCUT2D eigenvalue weighted by Crippen LogP contribution is 2.24. The minimum Gasteiger partial charge on any atom is -0.495 e. The maximum Gasteiger partial charge on any atom is 0.241 e. The number of rotatable bonds is 5. The minimum atomic E-state index is -3.75. The van der Waals surface area contributed by atoms with Crippen LogP contribution in [-0.4, -0.2) is 22.1 Å². The average molecular weight is 281 g/mol. The fourth-order valence-corrected chi connectivity index (χ4v) is 2.15. The Balaban J connectivity index is 0.00000256. The third kappa shape index (κ3) is 4.51. The van der Waals surface area contributed by atoms with Crippen LogP contribution in [0.15, 0.2) is 23.1 Å². The molecule has 0 aliphatic carbocycles. The van der Waals surface area contributed by atoms with Crippen LogP contribution in [0.25, 0.3) is 0 Å². The molecule has 0 aromatic heterocycles. The minimum absolute atomic E-state index is 0. The van der Waals surface area contributed by atoms with Crippen LogP contribution < -0.4 is 15.6 Å². The Morgan fingerprint density at radius 1 is 1.35 bits per heavy atom. The van der Waals surface area contributed by atoms with E-state index >= 15 is 0 Å². The molecule has 0 unspecified atom stereocenters. The van der Waals surface area contributed by atoms with Crippen molar-refractivity contribution < 1.29 is 13.2 Å². The maximum atomic E-state index is 11.3. The molecule has 0 atom stereocenters. The van der Waals surface area contributed by atoms with Crippen molar-refractivity contribution in [3.63, 3.8) is 0 Å². The average Bonchev–Trinajstić information content (AvgIpc) is 2.24. The van der Waals surface area contributed by atoms with Crippen molar-refractivity contribution >= 4 is 22.4 Å². The summed E-state index contributed by atoms with van der Waals surface area (Å²) in [6, 6.07) is 4.94. The number of ether oxygens (including phenoxy) is 1. The molecule has 0 amide bonds. The molecule has 0 spiro atoms. The SMILES string of the molecule is COc1ccc(CCCN)cc1S(N)(=O)=O.Cl. The van der Waals surface area contributed by atoms with Gasteiger partial charge in [-0.2, -0.15) is 0 Å². The molecule has 0 heterocycles. The molecular weight excluding hydrogens is 264 g/mol. The smallest absolute Gasteiger partial charge is 0.241 e. The zero-order valence-corrected chi connectivity index (χ0v) is 11.2. The molecule has 0 saturated heterocycles. The van der Waals surface area contributed by atoms with E-state index in [1.54, 1.807) is 6.07 Å². The van der Waals surface area contributed by atoms with Gasteiger partial charge in [0.05, 0.1) is 7.11 Å². The second kappa shape index (κ2) is 6.80. The molecule has 0 aliphatic heterocycles. The van der Waals surface area contributed by atoms with Gasteiger partial charge in [-0.25, -0.2) is 13.6 Å². The van der Waals surface area contributed by atoms with Crippen molar-refractivity contribution in [2.24, 2.45) is 10.9 Å². The van der Waals surface area contributed by atoms with Crippen LogP contribution >= 0.6 is 12.4 Å². The molecule has 17 heavy (non-hydrogen) atoms. The third-order valence-electron chi connectivity index (χ3n) is 2.20. The Bertz CT molecular complexity index is 463. The summed E-state index contributed by atoms with van der Waals surface area (Å²) in [5.74, 6) is 0.263. The maximum absolute atomic E-state index is 11.3. The van der Waals surface area contributed by atoms with Crippen LogP contribution in [0.2, 0.25) is 0 Å². The Labute approximate surface area is 108 Å². The van der Waals surface area contributed by atoms with E-state index in [1.807, 2.05) is 6.07 Å². The van der Waals surface area contributed by atoms with E-state index in [1.165, 1.54) is 13.2 Å². The zero-order chi connectivity index (χ0) is 12.2. The first kappa shape index (κ1) is 16.2. The molecule has 0 aliphatic rings. The summed E-state index contributed by atoms with van der Waals surface area (Å²) in [5, 5.41) is 5.10. The van der Waals surface area contributed by atoms with E-state index in [-0.39, 0.29) is 23.1 Å². The molecule has 0 radical (unpaired) electrons. The standard InChI is InChI=1S/C10H16N2O3S.ClH/c1-15-9-5-4-8(3-2-6-11)7-10(9)16(12,13)14;/h4-5,7H,2-3,6,11H2,1H3,(H2,12,13,14);1H. The van der Waals surface area contributed by atoms with Gasteiger partial charge in [-0.3, -0.25) is 0 Å². The summed E-state index contributed by atoms with van der Waals surface area (Å²) >= 11 is 0. The third-order valence-corrected chi connectivity index (χ3v) is 3.14. The number of sulfonamides is 1. The van der Waals surface area contributed by atoms with Crippen LogP contribution in [0.1, 0.15) is 12.0 Å². The first-order chi connectivity index (χ1) is 7.49. The number of aryl methyl sites for hydroxylation is 1. The molecule has 1 aromatic carbocycles. The van der Waals surface area contributed by atoms with Crippen molar-refractivity contribution in [2.45, 2.75) is 17.7 Å². The van der Waals surface area contributed by atoms with Gasteiger partial charge in [-0.1, -0.05) is 6.07 Å². The lowest BCUT2D eigenvalue weighted by Crippen LogP contribution is -2.14. The van der Waals surface area contributed by atoms with Gasteiger partial charge in [0.25, 0.3) is 0 Å². The molecular formula is C10H17ClN2O3S. The number of nitrogens with two attached hydrogens (primary N) is 2. The lowest BCUT2D eigenvalue weighted by Gasteiger charge is -2.08. The normalized spacial score (nSPS) is 10.8. The lowest BCUT2D eigenvalue weighted by molar-refractivity contribution is 0.402. The van der Waals surface area contributed by atoms with Crippen molar-refractivity contribution in [1.82, 2.24) is 0 Å². The van der Waals surface area contributed by atoms with Gasteiger partial charge in [-0.15, -0.1) is 12.4 Å². The van der Waals surface area contributed by atoms with E-state index in [4.69, 9.17) is 15.6 Å². The van der Waals surface area contributed by atoms with Gasteiger partial charge in [0, 0.05) is 0 Å². The van der Waals surface area contributed by atoms with Crippen molar-refractivity contribution in [3.8, 4) is 5.75 Å². The molecule has 7 heteroatoms. The van der Waals surface area contributed by atoms with Crippen molar-refractivity contribution in [3.05, 3.63) is 23.8 Å². The Kier molecular flexibility index (Phi) is 6.48. The van der Waals surface area contributed by atoms with E-state index in [2.05, 4.69) is 0 Å². The number of primary sulfonamides is 1. The van der Waals surface area contributed by atoms with Gasteiger partial charge in [0.1, 0.15) is 10.6 Å². The van der Waals surface area contributed by atoms with Crippen LogP contribution in [0.4, 0.5) is 0 Å². The van der Waals surface area contributed by atoms with Crippen LogP contribution in [-0.2, 0) is 16.4 Å². The van der Waals surface area contributed by atoms with Crippen LogP contribution in [0, 0.1) is 0 Å². The molecule has 0 saturated carbocycles. The molecule has 1 aromatic rings. The molecule has 1 rings (SSSR count). The van der Waals surface area contributed by atoms with Gasteiger partial charge >= 0.3 is 0 Å². The van der Waals surface area contributed by atoms with Gasteiger partial charge in [-0.05, 0) is 37.1 Å². The van der Waals surface area contributed by atoms with Crippen molar-refractivity contribution in [2.75, 3.05) is 13.7 Å². The van der Waals surface area contributed by atoms with E-state index in [9.17, 15) is 8.42 Å². The van der Waals surface area contributed by atoms with Gasteiger partial charge in [0.2, 0.25) is 10.0 Å². The van der Waals surface area contributed by atoms with Gasteiger partial charge < -0.3 is 10.5 Å². The summed E-state index contributed by atoms with van der Waals surface area (Å²) < 4.78 is 27.6. The highest BCUT2D eigenvalue weighted by atomic mass is 35.5. The van der Waals surface area contributed by atoms with Crippen LogP contribution in [0.5, 0.6) is 5.75 Å². The predicted molar refractivity (Wildman–Crippen MR) is 69.0 cm³/mol. The second-order valence-corrected chi connectivity index (χ2v) is 4.95. The summed E-state index contributed by atoms with van der Waals surface area (Å²) in [4.78, 5) is 0.0181. The fourth-order valence-electron chi connectivity index (χ4n) is 1.41. The molecule has 4 N–H and O–H groups in total. The first-order valence-corrected chi connectivity index (χ1v) is 6.43. The lowest BCUT2D eigenvalue weighted by atomic mass is 10.1. The summed E-state index contributed by atoms with van der Waals surface area (Å²) in [6.45, 7) is 0.566. The van der Waals surface area contributed by atoms with Gasteiger partial charge in [0.15, 0.2) is 0 Å². The first-order valence-electron chi connectivity index (χ1n) is 4.89. The number of benzene rings is 1. The predicted octanol–water partition coefficient (Wildman–Crippen LogP) is 0.656. The Morgan fingerprint density at radius 2 is 2.00 bits per heavy atom. The number of methoxy groups -OCH3 is 1. The van der Waals surface area contributed by atoms with Crippen LogP contribution in [0.3, 0.4) is 0 Å². The quantitative estimate of drug-likeness (QED) is 0.828. The summed E-state index contributed by atoms with van der Waals surface area (Å²) in [6.07, 6.45) is 1.53. The van der Waals surface area contributed by atoms with E-state index in [0.29, 0.717) is 6.54 Å². The Hall–Kier alpha value is -0.820. The highest BCUT2D eigenvalue weighted by Gasteiger charge is 2.15. The molecule has 0 bridgehead atoms. The number of hydrogen-bond donors (Lipinski definition) is 2. The monoisotopic (exact) mass is 280 g/mol. The topological polar surface area (TPSA) is 95.4 Å². The zero-order valence-electron chi connectivity index (χ0n) is 9.55. The molecule has 0 fully saturated rings. The second-order valence-electron chi connectivity index (χ2n) is 3.42. The highest BCUT2D eigenvalue weighted by molar-refractivity contribution is 7.89. The Morgan fingerprint density at radius 3 is 2.47 bits per heavy atom.